The molecule has 0 fully saturated rings. The van der Waals surface area contributed by atoms with Crippen molar-refractivity contribution in [2.75, 3.05) is 11.8 Å². The molecule has 0 amide bonds. The zero-order valence-electron chi connectivity index (χ0n) is 14.5. The van der Waals surface area contributed by atoms with Crippen molar-refractivity contribution in [3.05, 3.63) is 60.2 Å². The number of aromatic nitrogens is 1. The normalized spacial score (nSPS) is 11.8. The molecule has 0 aliphatic carbocycles. The van der Waals surface area contributed by atoms with Gasteiger partial charge in [-0.05, 0) is 24.3 Å². The molecule has 2 aromatic carbocycles. The number of hydrogen-bond acceptors (Lipinski definition) is 6. The number of rotatable bonds is 6. The van der Waals surface area contributed by atoms with Crippen LogP contribution >= 0.6 is 11.8 Å². The standard InChI is InChI=1S/C18H16N2O6S2/c1-26-18(23)11-9-13(19-28(24)25)17(27-12-5-3-2-4-6-12)14(10-11)20-15(21)7-8-16(20)22/h2-10,19,21-22H,1H3,(H,24,25). The summed E-state index contributed by atoms with van der Waals surface area (Å²) >= 11 is -1.20. The first-order chi connectivity index (χ1) is 13.4. The maximum absolute atomic E-state index is 12.1. The van der Waals surface area contributed by atoms with Crippen LogP contribution in [0, 0.1) is 0 Å². The lowest BCUT2D eigenvalue weighted by Crippen LogP contribution is -2.09. The van der Waals surface area contributed by atoms with Crippen LogP contribution in [-0.2, 0) is 16.0 Å². The Morgan fingerprint density at radius 2 is 1.75 bits per heavy atom. The summed E-state index contributed by atoms with van der Waals surface area (Å²) in [6.45, 7) is 0. The number of benzene rings is 2. The Hall–Kier alpha value is -2.95. The van der Waals surface area contributed by atoms with E-state index in [1.54, 1.807) is 0 Å². The molecule has 1 aromatic heterocycles. The molecular formula is C18H16N2O6S2. The molecule has 1 unspecified atom stereocenters. The number of ether oxygens (including phenoxy) is 1. The van der Waals surface area contributed by atoms with Gasteiger partial charge in [-0.3, -0.25) is 13.8 Å². The Balaban J connectivity index is 2.28. The Labute approximate surface area is 167 Å². The van der Waals surface area contributed by atoms with Crippen LogP contribution in [0.4, 0.5) is 5.69 Å². The van der Waals surface area contributed by atoms with Crippen molar-refractivity contribution in [2.45, 2.75) is 9.79 Å². The average Bonchev–Trinajstić information content (AvgIpc) is 3.01. The van der Waals surface area contributed by atoms with E-state index in [-0.39, 0.29) is 28.7 Å². The minimum Gasteiger partial charge on any atom is -0.494 e. The largest absolute Gasteiger partial charge is 0.494 e. The third-order valence-corrected chi connectivity index (χ3v) is 5.27. The van der Waals surface area contributed by atoms with Gasteiger partial charge in [-0.2, -0.15) is 0 Å². The fourth-order valence-electron chi connectivity index (χ4n) is 2.56. The molecule has 0 spiro atoms. The van der Waals surface area contributed by atoms with E-state index in [4.69, 9.17) is 4.74 Å². The maximum atomic E-state index is 12.1. The van der Waals surface area contributed by atoms with Crippen LogP contribution in [0.3, 0.4) is 0 Å². The van der Waals surface area contributed by atoms with Crippen LogP contribution in [-0.4, -0.2) is 36.6 Å². The van der Waals surface area contributed by atoms with Gasteiger partial charge in [0.15, 0.2) is 11.8 Å². The van der Waals surface area contributed by atoms with Gasteiger partial charge in [0.25, 0.3) is 11.3 Å². The predicted octanol–water partition coefficient (Wildman–Crippen LogP) is 3.37. The van der Waals surface area contributed by atoms with Crippen LogP contribution in [0.5, 0.6) is 11.8 Å². The number of nitrogens with one attached hydrogen (secondary N) is 1. The quantitative estimate of drug-likeness (QED) is 0.356. The molecule has 1 heterocycles. The van der Waals surface area contributed by atoms with E-state index in [1.807, 2.05) is 30.3 Å². The van der Waals surface area contributed by atoms with Crippen LogP contribution in [0.1, 0.15) is 10.4 Å². The topological polar surface area (TPSA) is 121 Å². The van der Waals surface area contributed by atoms with Gasteiger partial charge < -0.3 is 14.9 Å². The van der Waals surface area contributed by atoms with E-state index < -0.39 is 17.2 Å². The predicted molar refractivity (Wildman–Crippen MR) is 105 cm³/mol. The molecule has 3 aromatic rings. The van der Waals surface area contributed by atoms with E-state index in [9.17, 15) is 23.8 Å². The van der Waals surface area contributed by atoms with Crippen LogP contribution in [0.2, 0.25) is 0 Å². The molecule has 1 atom stereocenters. The summed E-state index contributed by atoms with van der Waals surface area (Å²) < 4.78 is 29.0. The number of anilines is 1. The highest BCUT2D eigenvalue weighted by atomic mass is 32.2. The Bertz CT molecular complexity index is 1020. The number of aromatic hydroxyl groups is 2. The van der Waals surface area contributed by atoms with Gasteiger partial charge in [0.1, 0.15) is 0 Å². The second kappa shape index (κ2) is 8.38. The van der Waals surface area contributed by atoms with E-state index >= 15 is 0 Å². The third-order valence-electron chi connectivity index (χ3n) is 3.73. The highest BCUT2D eigenvalue weighted by Crippen LogP contribution is 2.42. The number of carbonyl (C=O) groups is 1. The van der Waals surface area contributed by atoms with Crippen LogP contribution < -0.4 is 4.72 Å². The summed E-state index contributed by atoms with van der Waals surface area (Å²) in [5.41, 5.74) is 0.445. The fourth-order valence-corrected chi connectivity index (χ4v) is 3.98. The molecule has 8 nitrogen and oxygen atoms in total. The molecule has 0 aliphatic rings. The molecule has 28 heavy (non-hydrogen) atoms. The summed E-state index contributed by atoms with van der Waals surface area (Å²) in [6, 6.07) is 14.5. The molecule has 0 saturated carbocycles. The molecule has 4 N–H and O–H groups in total. The first kappa shape index (κ1) is 19.8. The summed E-state index contributed by atoms with van der Waals surface area (Å²) in [7, 11) is 1.20. The zero-order valence-corrected chi connectivity index (χ0v) is 16.2. The number of nitrogens with zero attached hydrogens (tertiary/aromatic N) is 1. The second-order valence-corrected chi connectivity index (χ2v) is 7.30. The lowest BCUT2D eigenvalue weighted by Gasteiger charge is -2.18. The van der Waals surface area contributed by atoms with E-state index in [0.717, 1.165) is 9.46 Å². The molecule has 10 heteroatoms. The lowest BCUT2D eigenvalue weighted by molar-refractivity contribution is 0.0600. The minimum absolute atomic E-state index is 0.0651. The molecule has 3 rings (SSSR count). The summed E-state index contributed by atoms with van der Waals surface area (Å²) in [4.78, 5) is 13.3. The smallest absolute Gasteiger partial charge is 0.338 e. The lowest BCUT2D eigenvalue weighted by atomic mass is 10.1. The van der Waals surface area contributed by atoms with Crippen molar-refractivity contribution in [1.29, 1.82) is 0 Å². The molecule has 146 valence electrons. The molecule has 0 bridgehead atoms. The Morgan fingerprint density at radius 1 is 1.11 bits per heavy atom. The Morgan fingerprint density at radius 3 is 2.32 bits per heavy atom. The number of hydrogen-bond donors (Lipinski definition) is 4. The molecule has 0 radical (unpaired) electrons. The van der Waals surface area contributed by atoms with Crippen molar-refractivity contribution in [2.24, 2.45) is 0 Å². The van der Waals surface area contributed by atoms with Crippen molar-refractivity contribution < 1.29 is 28.5 Å². The minimum atomic E-state index is -2.42. The zero-order chi connectivity index (χ0) is 20.3. The summed E-state index contributed by atoms with van der Waals surface area (Å²) in [6.07, 6.45) is 0. The number of methoxy groups -OCH3 is 1. The van der Waals surface area contributed by atoms with Gasteiger partial charge >= 0.3 is 5.97 Å². The molecule has 0 aliphatic heterocycles. The van der Waals surface area contributed by atoms with Crippen molar-refractivity contribution >= 4 is 34.7 Å². The van der Waals surface area contributed by atoms with Gasteiger partial charge in [-0.15, -0.1) is 0 Å². The Kier molecular flexibility index (Phi) is 5.93. The van der Waals surface area contributed by atoms with E-state index in [2.05, 4.69) is 4.72 Å². The monoisotopic (exact) mass is 420 g/mol. The van der Waals surface area contributed by atoms with Crippen LogP contribution in [0.25, 0.3) is 5.69 Å². The highest BCUT2D eigenvalue weighted by molar-refractivity contribution is 7.99. The maximum Gasteiger partial charge on any atom is 0.338 e. The summed E-state index contributed by atoms with van der Waals surface area (Å²) in [5, 5.41) is 20.4. The van der Waals surface area contributed by atoms with Gasteiger partial charge in [-0.1, -0.05) is 30.0 Å². The average molecular weight is 420 g/mol. The summed E-state index contributed by atoms with van der Waals surface area (Å²) in [5.74, 6) is -1.23. The molecule has 0 saturated heterocycles. The fraction of sp³-hybridized carbons (Fsp3) is 0.0556. The van der Waals surface area contributed by atoms with Gasteiger partial charge in [0, 0.05) is 17.0 Å². The molecular weight excluding hydrogens is 404 g/mol. The number of esters is 1. The highest BCUT2D eigenvalue weighted by Gasteiger charge is 2.21. The van der Waals surface area contributed by atoms with Crippen LogP contribution in [0.15, 0.2) is 64.4 Å². The number of carbonyl (C=O) groups excluding carboxylic acids is 1. The van der Waals surface area contributed by atoms with E-state index in [1.165, 1.54) is 43.1 Å². The first-order valence-electron chi connectivity index (χ1n) is 7.87. The van der Waals surface area contributed by atoms with E-state index in [0.29, 0.717) is 4.90 Å². The van der Waals surface area contributed by atoms with Gasteiger partial charge in [-0.25, -0.2) is 9.00 Å². The van der Waals surface area contributed by atoms with Crippen molar-refractivity contribution in [3.63, 3.8) is 0 Å². The van der Waals surface area contributed by atoms with Gasteiger partial charge in [0.05, 0.1) is 28.9 Å². The van der Waals surface area contributed by atoms with Crippen molar-refractivity contribution in [1.82, 2.24) is 4.57 Å². The van der Waals surface area contributed by atoms with Gasteiger partial charge in [0.2, 0.25) is 0 Å². The van der Waals surface area contributed by atoms with Crippen molar-refractivity contribution in [3.8, 4) is 17.4 Å². The second-order valence-electron chi connectivity index (χ2n) is 5.52. The first-order valence-corrected chi connectivity index (χ1v) is 9.80. The SMILES string of the molecule is COC(=O)c1cc(NS(=O)O)c(Sc2ccccc2)c(-n2c(O)ccc2O)c1. The third kappa shape index (κ3) is 4.14.